The largest absolute Gasteiger partial charge is 0.117 e. The molecule has 0 fully saturated rings. The van der Waals surface area contributed by atoms with Crippen LogP contribution < -0.4 is 0 Å². The molecule has 0 nitrogen and oxygen atoms in total. The van der Waals surface area contributed by atoms with Crippen molar-refractivity contribution in [2.24, 2.45) is 0 Å². The average molecular weight is 397 g/mol. The molecule has 0 aliphatic heterocycles. The Kier molecular flexibility index (Phi) is 6.54. The summed E-state index contributed by atoms with van der Waals surface area (Å²) < 4.78 is 0. The van der Waals surface area contributed by atoms with Crippen LogP contribution in [0.2, 0.25) is 0 Å². The van der Waals surface area contributed by atoms with Crippen LogP contribution in [-0.2, 0) is 11.6 Å². The van der Waals surface area contributed by atoms with E-state index >= 15 is 0 Å². The molecule has 0 aromatic heterocycles. The van der Waals surface area contributed by atoms with Crippen molar-refractivity contribution in [3.05, 3.63) is 120 Å². The third kappa shape index (κ3) is 3.86. The van der Waals surface area contributed by atoms with Gasteiger partial charge < -0.3 is 0 Å². The second-order valence-electron chi connectivity index (χ2n) is 5.81. The molecule has 3 rings (SSSR count). The van der Waals surface area contributed by atoms with Gasteiger partial charge in [0.2, 0.25) is 0 Å². The Morgan fingerprint density at radius 3 is 1.50 bits per heavy atom. The summed E-state index contributed by atoms with van der Waals surface area (Å²) in [4.78, 5) is 0. The van der Waals surface area contributed by atoms with E-state index in [1.165, 1.54) is 22.3 Å². The predicted octanol–water partition coefficient (Wildman–Crippen LogP) is 6.18. The van der Waals surface area contributed by atoms with Crippen molar-refractivity contribution in [1.29, 1.82) is 0 Å². The van der Waals surface area contributed by atoms with Crippen molar-refractivity contribution in [2.45, 2.75) is 11.6 Å². The van der Waals surface area contributed by atoms with Crippen LogP contribution in [0.1, 0.15) is 16.7 Å². The minimum Gasteiger partial charge on any atom is -0.117 e. The molecule has 0 bridgehead atoms. The third-order valence-electron chi connectivity index (χ3n) is 4.28. The number of benzene rings is 3. The molecular weight excluding hydrogens is 375 g/mol. The van der Waals surface area contributed by atoms with Crippen LogP contribution in [0.15, 0.2) is 103 Å². The number of halogens is 1. The average Bonchev–Trinajstić information content (AvgIpc) is 2.63. The number of rotatable bonds is 5. The molecule has 0 amide bonds. The van der Waals surface area contributed by atoms with Crippen LogP contribution in [0.4, 0.5) is 0 Å². The molecule has 0 aliphatic carbocycles. The predicted molar refractivity (Wildman–Crippen MR) is 113 cm³/mol. The Hall–Kier alpha value is -1.69. The molecule has 3 aromatic carbocycles. The summed E-state index contributed by atoms with van der Waals surface area (Å²) in [6.07, 6.45) is 0.855. The molecule has 0 N–H and O–H groups in total. The molecule has 0 saturated heterocycles. The SMILES string of the molecule is Br.C=C(Cc1ccccc1)C(P)(c1ccccc1)c1ccccc1. The van der Waals surface area contributed by atoms with E-state index in [1.807, 2.05) is 0 Å². The van der Waals surface area contributed by atoms with Gasteiger partial charge >= 0.3 is 0 Å². The molecule has 3 aromatic rings. The maximum Gasteiger partial charge on any atom is 0.0552 e. The van der Waals surface area contributed by atoms with Crippen molar-refractivity contribution >= 4 is 26.2 Å². The smallest absolute Gasteiger partial charge is 0.0552 e. The summed E-state index contributed by atoms with van der Waals surface area (Å²) in [7, 11) is 3.06. The summed E-state index contributed by atoms with van der Waals surface area (Å²) in [5.74, 6) is 0. The third-order valence-corrected chi connectivity index (χ3v) is 5.35. The number of allylic oxidation sites excluding steroid dienone is 1. The first-order valence-electron chi connectivity index (χ1n) is 7.83. The van der Waals surface area contributed by atoms with E-state index in [0.29, 0.717) is 0 Å². The van der Waals surface area contributed by atoms with E-state index in [1.54, 1.807) is 0 Å². The van der Waals surface area contributed by atoms with Crippen LogP contribution in [0.25, 0.3) is 0 Å². The molecule has 0 saturated carbocycles. The van der Waals surface area contributed by atoms with Crippen LogP contribution in [0.3, 0.4) is 0 Å². The Balaban J connectivity index is 0.00000208. The zero-order valence-corrected chi connectivity index (χ0v) is 16.4. The van der Waals surface area contributed by atoms with Crippen molar-refractivity contribution in [2.75, 3.05) is 0 Å². The van der Waals surface area contributed by atoms with Gasteiger partial charge in [-0.25, -0.2) is 0 Å². The van der Waals surface area contributed by atoms with Gasteiger partial charge in [-0.15, -0.1) is 26.2 Å². The topological polar surface area (TPSA) is 0 Å². The summed E-state index contributed by atoms with van der Waals surface area (Å²) >= 11 is 0. The van der Waals surface area contributed by atoms with Gasteiger partial charge in [0.15, 0.2) is 0 Å². The van der Waals surface area contributed by atoms with Gasteiger partial charge in [0.1, 0.15) is 0 Å². The maximum absolute atomic E-state index is 4.45. The maximum atomic E-state index is 4.45. The minimum atomic E-state index is -0.279. The fraction of sp³-hybridized carbons (Fsp3) is 0.0909. The Morgan fingerprint density at radius 1 is 0.708 bits per heavy atom. The quantitative estimate of drug-likeness (QED) is 0.356. The number of hydrogen-bond acceptors (Lipinski definition) is 0. The molecular formula is C22H22BrP. The molecule has 24 heavy (non-hydrogen) atoms. The first-order valence-corrected chi connectivity index (χ1v) is 8.41. The molecule has 2 heteroatoms. The van der Waals surface area contributed by atoms with Gasteiger partial charge in [-0.2, -0.15) is 0 Å². The first kappa shape index (κ1) is 18.6. The fourth-order valence-corrected chi connectivity index (χ4v) is 3.45. The standard InChI is InChI=1S/C22H21P.BrH/c1-18(17-19-11-5-2-6-12-19)22(23,20-13-7-3-8-14-20)21-15-9-4-10-16-21;/h2-16H,1,17,23H2;1H. The molecule has 1 unspecified atom stereocenters. The van der Waals surface area contributed by atoms with E-state index in [9.17, 15) is 0 Å². The summed E-state index contributed by atoms with van der Waals surface area (Å²) in [6.45, 7) is 4.45. The van der Waals surface area contributed by atoms with Crippen molar-refractivity contribution in [3.8, 4) is 0 Å². The van der Waals surface area contributed by atoms with Crippen LogP contribution >= 0.6 is 26.2 Å². The molecule has 122 valence electrons. The first-order chi connectivity index (χ1) is 11.2. The minimum absolute atomic E-state index is 0. The van der Waals surface area contributed by atoms with E-state index in [0.717, 1.165) is 6.42 Å². The van der Waals surface area contributed by atoms with E-state index in [4.69, 9.17) is 0 Å². The Morgan fingerprint density at radius 2 is 1.08 bits per heavy atom. The normalized spacial score (nSPS) is 10.7. The van der Waals surface area contributed by atoms with Crippen molar-refractivity contribution < 1.29 is 0 Å². The highest BCUT2D eigenvalue weighted by atomic mass is 79.9. The lowest BCUT2D eigenvalue weighted by molar-refractivity contribution is 0.834. The molecule has 1 atom stereocenters. The summed E-state index contributed by atoms with van der Waals surface area (Å²) in [5.41, 5.74) is 4.96. The summed E-state index contributed by atoms with van der Waals surface area (Å²) in [6, 6.07) is 31.7. The second-order valence-corrected chi connectivity index (χ2v) is 6.67. The highest BCUT2D eigenvalue weighted by molar-refractivity contribution is 8.93. The van der Waals surface area contributed by atoms with E-state index in [2.05, 4.69) is 107 Å². The Bertz CT molecular complexity index is 727. The highest BCUT2D eigenvalue weighted by Gasteiger charge is 2.31. The highest BCUT2D eigenvalue weighted by Crippen LogP contribution is 2.45. The summed E-state index contributed by atoms with van der Waals surface area (Å²) in [5, 5.41) is -0.279. The van der Waals surface area contributed by atoms with Gasteiger partial charge in [0.05, 0.1) is 5.16 Å². The lowest BCUT2D eigenvalue weighted by Crippen LogP contribution is -2.23. The van der Waals surface area contributed by atoms with E-state index < -0.39 is 0 Å². The van der Waals surface area contributed by atoms with Gasteiger partial charge in [-0.1, -0.05) is 103 Å². The van der Waals surface area contributed by atoms with Crippen LogP contribution in [-0.4, -0.2) is 0 Å². The molecule has 0 aliphatic rings. The Labute approximate surface area is 157 Å². The van der Waals surface area contributed by atoms with Gasteiger partial charge in [0, 0.05) is 0 Å². The zero-order valence-electron chi connectivity index (χ0n) is 13.6. The lowest BCUT2D eigenvalue weighted by atomic mass is 9.82. The molecule has 0 radical (unpaired) electrons. The van der Waals surface area contributed by atoms with Gasteiger partial charge in [-0.3, -0.25) is 0 Å². The fourth-order valence-electron chi connectivity index (χ4n) is 2.96. The van der Waals surface area contributed by atoms with Crippen molar-refractivity contribution in [1.82, 2.24) is 0 Å². The zero-order chi connectivity index (χ0) is 16.1. The van der Waals surface area contributed by atoms with E-state index in [-0.39, 0.29) is 22.1 Å². The number of hydrogen-bond donors (Lipinski definition) is 0. The van der Waals surface area contributed by atoms with Gasteiger partial charge in [0.25, 0.3) is 0 Å². The second kappa shape index (κ2) is 8.42. The monoisotopic (exact) mass is 396 g/mol. The van der Waals surface area contributed by atoms with Crippen molar-refractivity contribution in [3.63, 3.8) is 0 Å². The van der Waals surface area contributed by atoms with Crippen LogP contribution in [0, 0.1) is 0 Å². The van der Waals surface area contributed by atoms with Gasteiger partial charge in [-0.05, 0) is 23.1 Å². The van der Waals surface area contributed by atoms with Crippen LogP contribution in [0.5, 0.6) is 0 Å². The molecule has 0 spiro atoms. The lowest BCUT2D eigenvalue weighted by Gasteiger charge is -2.33. The molecule has 0 heterocycles.